The van der Waals surface area contributed by atoms with Crippen LogP contribution in [-0.2, 0) is 17.5 Å². The Bertz CT molecular complexity index is 827. The fourth-order valence-electron chi connectivity index (χ4n) is 3.14. The average molecular weight is 462 g/mol. The number of furan rings is 1. The lowest BCUT2D eigenvalue weighted by molar-refractivity contribution is -0.137. The van der Waals surface area contributed by atoms with E-state index in [9.17, 15) is 13.2 Å². The molecular formula is C20H23ClF3N3O2S. The van der Waals surface area contributed by atoms with Gasteiger partial charge < -0.3 is 19.4 Å². The summed E-state index contributed by atoms with van der Waals surface area (Å²) in [7, 11) is 0. The number of morpholine rings is 1. The fraction of sp³-hybridized carbons (Fsp3) is 0.450. The van der Waals surface area contributed by atoms with E-state index in [1.54, 1.807) is 12.3 Å². The summed E-state index contributed by atoms with van der Waals surface area (Å²) in [6.07, 6.45) is -2.06. The topological polar surface area (TPSA) is 40.9 Å². The Kier molecular flexibility index (Phi) is 7.99. The summed E-state index contributed by atoms with van der Waals surface area (Å²) in [5.74, 6) is 0.709. The fourth-order valence-corrected chi connectivity index (χ4v) is 3.58. The van der Waals surface area contributed by atoms with Crippen LogP contribution in [0.2, 0.25) is 5.02 Å². The maximum absolute atomic E-state index is 13.1. The van der Waals surface area contributed by atoms with Gasteiger partial charge in [-0.3, -0.25) is 4.90 Å². The molecule has 2 aromatic rings. The van der Waals surface area contributed by atoms with Crippen molar-refractivity contribution in [3.05, 3.63) is 52.9 Å². The number of anilines is 1. The van der Waals surface area contributed by atoms with Crippen molar-refractivity contribution >= 4 is 34.6 Å². The lowest BCUT2D eigenvalue weighted by Gasteiger charge is -2.29. The molecule has 1 aromatic carbocycles. The Balaban J connectivity index is 1.66. The first-order valence-electron chi connectivity index (χ1n) is 9.58. The van der Waals surface area contributed by atoms with Crippen LogP contribution in [0.4, 0.5) is 18.9 Å². The van der Waals surface area contributed by atoms with E-state index < -0.39 is 11.7 Å². The van der Waals surface area contributed by atoms with Crippen LogP contribution >= 0.6 is 23.8 Å². The third-order valence-corrected chi connectivity index (χ3v) is 5.45. The highest BCUT2D eigenvalue weighted by atomic mass is 35.5. The molecule has 1 aromatic heterocycles. The molecule has 1 saturated heterocycles. The van der Waals surface area contributed by atoms with Gasteiger partial charge in [0.05, 0.1) is 42.3 Å². The Morgan fingerprint density at radius 3 is 2.67 bits per heavy atom. The predicted octanol–water partition coefficient (Wildman–Crippen LogP) is 4.87. The van der Waals surface area contributed by atoms with Gasteiger partial charge >= 0.3 is 6.18 Å². The summed E-state index contributed by atoms with van der Waals surface area (Å²) < 4.78 is 49.9. The number of benzene rings is 1. The molecule has 1 aliphatic heterocycles. The van der Waals surface area contributed by atoms with Crippen molar-refractivity contribution in [3.8, 4) is 0 Å². The normalized spacial score (nSPS) is 15.2. The van der Waals surface area contributed by atoms with E-state index in [1.165, 1.54) is 6.07 Å². The van der Waals surface area contributed by atoms with Gasteiger partial charge in [0, 0.05) is 26.2 Å². The summed E-state index contributed by atoms with van der Waals surface area (Å²) in [6, 6.07) is 6.73. The largest absolute Gasteiger partial charge is 0.467 e. The number of halogens is 4. The van der Waals surface area contributed by atoms with Crippen molar-refractivity contribution < 1.29 is 22.3 Å². The first-order chi connectivity index (χ1) is 14.3. The second-order valence-electron chi connectivity index (χ2n) is 6.93. The van der Waals surface area contributed by atoms with E-state index >= 15 is 0 Å². The van der Waals surface area contributed by atoms with Crippen LogP contribution in [0.3, 0.4) is 0 Å². The zero-order valence-electron chi connectivity index (χ0n) is 16.3. The molecule has 164 valence electrons. The van der Waals surface area contributed by atoms with Crippen LogP contribution in [0.5, 0.6) is 0 Å². The van der Waals surface area contributed by atoms with Crippen LogP contribution in [0.25, 0.3) is 0 Å². The van der Waals surface area contributed by atoms with Gasteiger partial charge in [-0.05, 0) is 49.0 Å². The lowest BCUT2D eigenvalue weighted by Crippen LogP contribution is -2.40. The van der Waals surface area contributed by atoms with E-state index in [0.717, 1.165) is 51.4 Å². The monoisotopic (exact) mass is 461 g/mol. The first kappa shape index (κ1) is 22.9. The van der Waals surface area contributed by atoms with Crippen LogP contribution < -0.4 is 5.32 Å². The van der Waals surface area contributed by atoms with Gasteiger partial charge in [0.1, 0.15) is 5.76 Å². The Morgan fingerprint density at radius 1 is 1.23 bits per heavy atom. The molecule has 0 aliphatic carbocycles. The number of nitrogens with zero attached hydrogens (tertiary/aromatic N) is 2. The number of rotatable bonds is 7. The van der Waals surface area contributed by atoms with E-state index in [2.05, 4.69) is 10.2 Å². The van der Waals surface area contributed by atoms with Crippen LogP contribution in [0.1, 0.15) is 17.7 Å². The molecule has 30 heavy (non-hydrogen) atoms. The Hall–Kier alpha value is -1.81. The Labute approximate surface area is 183 Å². The maximum Gasteiger partial charge on any atom is 0.416 e. The Morgan fingerprint density at radius 2 is 2.00 bits per heavy atom. The van der Waals surface area contributed by atoms with E-state index in [0.29, 0.717) is 18.8 Å². The van der Waals surface area contributed by atoms with E-state index in [-0.39, 0.29) is 15.8 Å². The summed E-state index contributed by atoms with van der Waals surface area (Å²) in [5.41, 5.74) is -0.670. The molecule has 2 heterocycles. The first-order valence-corrected chi connectivity index (χ1v) is 10.4. The lowest BCUT2D eigenvalue weighted by atomic mass is 10.2. The minimum Gasteiger partial charge on any atom is -0.467 e. The molecule has 0 bridgehead atoms. The smallest absolute Gasteiger partial charge is 0.416 e. The molecule has 0 spiro atoms. The van der Waals surface area contributed by atoms with Crippen LogP contribution in [0, 0.1) is 0 Å². The molecule has 1 aliphatic rings. The van der Waals surface area contributed by atoms with E-state index in [1.807, 2.05) is 11.0 Å². The second kappa shape index (κ2) is 10.5. The van der Waals surface area contributed by atoms with Crippen molar-refractivity contribution in [1.29, 1.82) is 0 Å². The van der Waals surface area contributed by atoms with Crippen molar-refractivity contribution in [2.45, 2.75) is 19.1 Å². The van der Waals surface area contributed by atoms with Gasteiger partial charge in [0.15, 0.2) is 5.11 Å². The predicted molar refractivity (Wildman–Crippen MR) is 114 cm³/mol. The molecule has 0 unspecified atom stereocenters. The highest BCUT2D eigenvalue weighted by molar-refractivity contribution is 7.80. The zero-order valence-corrected chi connectivity index (χ0v) is 17.8. The summed E-state index contributed by atoms with van der Waals surface area (Å²) in [5, 5.41) is 3.32. The highest BCUT2D eigenvalue weighted by Gasteiger charge is 2.31. The van der Waals surface area contributed by atoms with Gasteiger partial charge in [0.2, 0.25) is 0 Å². The van der Waals surface area contributed by atoms with Crippen LogP contribution in [0.15, 0.2) is 41.0 Å². The number of hydrogen-bond acceptors (Lipinski definition) is 4. The van der Waals surface area contributed by atoms with Gasteiger partial charge in [-0.2, -0.15) is 13.2 Å². The van der Waals surface area contributed by atoms with Gasteiger partial charge in [-0.15, -0.1) is 0 Å². The number of nitrogens with one attached hydrogen (secondary N) is 1. The molecule has 0 atom stereocenters. The maximum atomic E-state index is 13.1. The standard InChI is InChI=1S/C20H23ClF3N3O2S/c21-17-5-4-15(20(22,23)24)13-18(17)25-19(30)27(14-16-3-1-10-29-16)7-2-6-26-8-11-28-12-9-26/h1,3-5,10,13H,2,6-9,11-12,14H2,(H,25,30). The minimum absolute atomic E-state index is 0.120. The number of alkyl halides is 3. The molecule has 1 fully saturated rings. The second-order valence-corrected chi connectivity index (χ2v) is 7.72. The number of hydrogen-bond donors (Lipinski definition) is 1. The molecule has 0 amide bonds. The zero-order chi connectivity index (χ0) is 21.6. The van der Waals surface area contributed by atoms with Crippen molar-refractivity contribution in [2.75, 3.05) is 44.7 Å². The average Bonchev–Trinajstić information content (AvgIpc) is 3.22. The molecular weight excluding hydrogens is 439 g/mol. The molecule has 5 nitrogen and oxygen atoms in total. The van der Waals surface area contributed by atoms with Gasteiger partial charge in [-0.1, -0.05) is 11.6 Å². The van der Waals surface area contributed by atoms with Crippen LogP contribution in [-0.4, -0.2) is 54.3 Å². The highest BCUT2D eigenvalue weighted by Crippen LogP contribution is 2.34. The van der Waals surface area contributed by atoms with Gasteiger partial charge in [0.25, 0.3) is 0 Å². The van der Waals surface area contributed by atoms with Crippen molar-refractivity contribution in [1.82, 2.24) is 9.80 Å². The van der Waals surface area contributed by atoms with Crippen molar-refractivity contribution in [3.63, 3.8) is 0 Å². The molecule has 3 rings (SSSR count). The van der Waals surface area contributed by atoms with Crippen molar-refractivity contribution in [2.24, 2.45) is 0 Å². The molecule has 1 N–H and O–H groups in total. The third kappa shape index (κ3) is 6.60. The number of thiocarbonyl (C=S) groups is 1. The summed E-state index contributed by atoms with van der Waals surface area (Å²) in [6.45, 7) is 5.12. The molecule has 0 saturated carbocycles. The third-order valence-electron chi connectivity index (χ3n) is 4.76. The quantitative estimate of drug-likeness (QED) is 0.593. The van der Waals surface area contributed by atoms with E-state index in [4.69, 9.17) is 33.0 Å². The summed E-state index contributed by atoms with van der Waals surface area (Å²) in [4.78, 5) is 4.18. The SMILES string of the molecule is FC(F)(F)c1ccc(Cl)c(NC(=S)N(CCCN2CCOCC2)Cc2ccco2)c1. The number of ether oxygens (including phenoxy) is 1. The molecule has 0 radical (unpaired) electrons. The van der Waals surface area contributed by atoms with Gasteiger partial charge in [-0.25, -0.2) is 0 Å². The summed E-state index contributed by atoms with van der Waals surface area (Å²) >= 11 is 11.6. The minimum atomic E-state index is -4.46. The molecule has 10 heteroatoms.